The number of rotatable bonds is 6. The quantitative estimate of drug-likeness (QED) is 0.846. The number of likely N-dealkylation sites (N-methyl/N-ethyl adjacent to an activating group) is 1. The van der Waals surface area contributed by atoms with Crippen LogP contribution in [0.3, 0.4) is 0 Å². The molecule has 116 valence electrons. The molecule has 1 aliphatic heterocycles. The number of carboxylic acid groups (broad SMARTS) is 1. The molecule has 0 bridgehead atoms. The van der Waals surface area contributed by atoms with Gasteiger partial charge in [-0.25, -0.2) is 0 Å². The van der Waals surface area contributed by atoms with Gasteiger partial charge in [-0.1, -0.05) is 18.2 Å². The minimum Gasteiger partial charge on any atom is -0.480 e. The third-order valence-corrected chi connectivity index (χ3v) is 4.76. The van der Waals surface area contributed by atoms with Crippen molar-refractivity contribution < 1.29 is 9.90 Å². The van der Waals surface area contributed by atoms with Crippen molar-refractivity contribution in [1.82, 2.24) is 5.32 Å². The first-order valence-corrected chi connectivity index (χ1v) is 7.75. The van der Waals surface area contributed by atoms with Crippen LogP contribution in [0.1, 0.15) is 38.7 Å². The van der Waals surface area contributed by atoms with Crippen LogP contribution >= 0.6 is 0 Å². The molecule has 0 saturated heterocycles. The first-order valence-electron chi connectivity index (χ1n) is 7.75. The largest absolute Gasteiger partial charge is 0.480 e. The smallest absolute Gasteiger partial charge is 0.323 e. The Morgan fingerprint density at radius 2 is 2.19 bits per heavy atom. The Kier molecular flexibility index (Phi) is 4.88. The van der Waals surface area contributed by atoms with Crippen LogP contribution < -0.4 is 10.2 Å². The van der Waals surface area contributed by atoms with E-state index < -0.39 is 11.5 Å². The number of para-hydroxylation sites is 1. The van der Waals surface area contributed by atoms with Gasteiger partial charge in [0.2, 0.25) is 0 Å². The summed E-state index contributed by atoms with van der Waals surface area (Å²) in [6, 6.07) is 9.07. The standard InChI is InChI=1S/C17H26N2O2/c1-13-9-10-14-7-4-5-8-15(14)19(13)12-6-11-17(2,18-3)16(20)21/h4-5,7-8,13,18H,6,9-12H2,1-3H3,(H,20,21). The van der Waals surface area contributed by atoms with Gasteiger partial charge in [0.15, 0.2) is 0 Å². The summed E-state index contributed by atoms with van der Waals surface area (Å²) in [6.07, 6.45) is 3.79. The lowest BCUT2D eigenvalue weighted by atomic mass is 9.93. The Morgan fingerprint density at radius 1 is 1.48 bits per heavy atom. The van der Waals surface area contributed by atoms with Crippen LogP contribution in [0.4, 0.5) is 5.69 Å². The summed E-state index contributed by atoms with van der Waals surface area (Å²) in [7, 11) is 1.72. The van der Waals surface area contributed by atoms with Gasteiger partial charge in [-0.05, 0) is 58.2 Å². The number of aryl methyl sites for hydroxylation is 1. The molecule has 0 spiro atoms. The van der Waals surface area contributed by atoms with Gasteiger partial charge in [0, 0.05) is 18.3 Å². The van der Waals surface area contributed by atoms with Crippen molar-refractivity contribution in [3.8, 4) is 0 Å². The van der Waals surface area contributed by atoms with Gasteiger partial charge in [-0.2, -0.15) is 0 Å². The second kappa shape index (κ2) is 6.48. The maximum absolute atomic E-state index is 11.3. The van der Waals surface area contributed by atoms with Crippen LogP contribution in [0.5, 0.6) is 0 Å². The topological polar surface area (TPSA) is 52.6 Å². The van der Waals surface area contributed by atoms with Gasteiger partial charge in [0.25, 0.3) is 0 Å². The van der Waals surface area contributed by atoms with Gasteiger partial charge >= 0.3 is 5.97 Å². The van der Waals surface area contributed by atoms with Crippen LogP contribution in [0.15, 0.2) is 24.3 Å². The summed E-state index contributed by atoms with van der Waals surface area (Å²) in [5, 5.41) is 12.2. The molecule has 2 atom stereocenters. The van der Waals surface area contributed by atoms with E-state index in [1.54, 1.807) is 14.0 Å². The maximum atomic E-state index is 11.3. The molecule has 1 aromatic rings. The van der Waals surface area contributed by atoms with Gasteiger partial charge in [-0.15, -0.1) is 0 Å². The van der Waals surface area contributed by atoms with Crippen molar-refractivity contribution in [1.29, 1.82) is 0 Å². The average molecular weight is 290 g/mol. The fraction of sp³-hybridized carbons (Fsp3) is 0.588. The molecule has 1 aliphatic rings. The predicted molar refractivity (Wildman–Crippen MR) is 85.9 cm³/mol. The Morgan fingerprint density at radius 3 is 2.86 bits per heavy atom. The lowest BCUT2D eigenvalue weighted by Crippen LogP contribution is -2.48. The molecule has 0 aromatic heterocycles. The van der Waals surface area contributed by atoms with Gasteiger partial charge in [0.05, 0.1) is 0 Å². The van der Waals surface area contributed by atoms with E-state index in [0.717, 1.165) is 19.4 Å². The molecule has 4 nitrogen and oxygen atoms in total. The highest BCUT2D eigenvalue weighted by Crippen LogP contribution is 2.30. The predicted octanol–water partition coefficient (Wildman–Crippen LogP) is 2.67. The summed E-state index contributed by atoms with van der Waals surface area (Å²) >= 11 is 0. The second-order valence-corrected chi connectivity index (χ2v) is 6.20. The zero-order valence-corrected chi connectivity index (χ0v) is 13.2. The number of nitrogens with one attached hydrogen (secondary N) is 1. The van der Waals surface area contributed by atoms with Crippen molar-refractivity contribution in [3.63, 3.8) is 0 Å². The van der Waals surface area contributed by atoms with Crippen molar-refractivity contribution in [3.05, 3.63) is 29.8 Å². The highest BCUT2D eigenvalue weighted by atomic mass is 16.4. The van der Waals surface area contributed by atoms with Gasteiger partial charge < -0.3 is 15.3 Å². The molecule has 0 fully saturated rings. The Bertz CT molecular complexity index is 503. The molecular formula is C17H26N2O2. The van der Waals surface area contributed by atoms with E-state index in [1.807, 2.05) is 0 Å². The minimum absolute atomic E-state index is 0.519. The number of hydrogen-bond acceptors (Lipinski definition) is 3. The molecule has 4 heteroatoms. The summed E-state index contributed by atoms with van der Waals surface area (Å²) < 4.78 is 0. The molecule has 1 aromatic carbocycles. The normalized spacial score (nSPS) is 20.7. The lowest BCUT2D eigenvalue weighted by molar-refractivity contribution is -0.144. The van der Waals surface area contributed by atoms with E-state index >= 15 is 0 Å². The summed E-state index contributed by atoms with van der Waals surface area (Å²) in [6.45, 7) is 4.91. The first-order chi connectivity index (χ1) is 9.98. The minimum atomic E-state index is -0.835. The summed E-state index contributed by atoms with van der Waals surface area (Å²) in [4.78, 5) is 13.7. The SMILES string of the molecule is CNC(C)(CCCN1c2ccccc2CCC1C)C(=O)O. The number of nitrogens with zero attached hydrogens (tertiary/aromatic N) is 1. The molecule has 0 amide bonds. The van der Waals surface area contributed by atoms with Crippen molar-refractivity contribution in [2.24, 2.45) is 0 Å². The van der Waals surface area contributed by atoms with Crippen LogP contribution in [0, 0.1) is 0 Å². The third-order valence-electron chi connectivity index (χ3n) is 4.76. The maximum Gasteiger partial charge on any atom is 0.323 e. The molecule has 0 saturated carbocycles. The van der Waals surface area contributed by atoms with Crippen LogP contribution in [-0.2, 0) is 11.2 Å². The highest BCUT2D eigenvalue weighted by molar-refractivity contribution is 5.78. The molecule has 0 aliphatic carbocycles. The van der Waals surface area contributed by atoms with Crippen molar-refractivity contribution >= 4 is 11.7 Å². The zero-order chi connectivity index (χ0) is 15.5. The number of carboxylic acids is 1. The fourth-order valence-electron chi connectivity index (χ4n) is 3.04. The van der Waals surface area contributed by atoms with Crippen LogP contribution in [0.2, 0.25) is 0 Å². The summed E-state index contributed by atoms with van der Waals surface area (Å²) in [5.74, 6) is -0.780. The number of carbonyl (C=O) groups is 1. The molecule has 2 unspecified atom stereocenters. The van der Waals surface area contributed by atoms with E-state index in [1.165, 1.54) is 17.7 Å². The molecule has 1 heterocycles. The van der Waals surface area contributed by atoms with E-state index in [4.69, 9.17) is 0 Å². The average Bonchev–Trinajstić information content (AvgIpc) is 2.49. The highest BCUT2D eigenvalue weighted by Gasteiger charge is 2.31. The number of aliphatic carboxylic acids is 1. The lowest BCUT2D eigenvalue weighted by Gasteiger charge is -2.38. The van der Waals surface area contributed by atoms with Crippen molar-refractivity contribution in [2.45, 2.75) is 51.1 Å². The number of benzene rings is 1. The number of hydrogen-bond donors (Lipinski definition) is 2. The second-order valence-electron chi connectivity index (χ2n) is 6.20. The van der Waals surface area contributed by atoms with E-state index in [2.05, 4.69) is 41.4 Å². The van der Waals surface area contributed by atoms with Crippen LogP contribution in [-0.4, -0.2) is 36.2 Å². The number of anilines is 1. The van der Waals surface area contributed by atoms with Crippen molar-refractivity contribution in [2.75, 3.05) is 18.5 Å². The van der Waals surface area contributed by atoms with E-state index in [9.17, 15) is 9.90 Å². The Labute approximate surface area is 127 Å². The third kappa shape index (κ3) is 3.38. The first kappa shape index (κ1) is 15.8. The molecule has 2 N–H and O–H groups in total. The molecule has 0 radical (unpaired) electrons. The Balaban J connectivity index is 2.02. The molecule has 21 heavy (non-hydrogen) atoms. The van der Waals surface area contributed by atoms with Gasteiger partial charge in [0.1, 0.15) is 5.54 Å². The Hall–Kier alpha value is -1.55. The van der Waals surface area contributed by atoms with E-state index in [-0.39, 0.29) is 0 Å². The van der Waals surface area contributed by atoms with Crippen LogP contribution in [0.25, 0.3) is 0 Å². The number of fused-ring (bicyclic) bond motifs is 1. The zero-order valence-electron chi connectivity index (χ0n) is 13.2. The molecular weight excluding hydrogens is 264 g/mol. The monoisotopic (exact) mass is 290 g/mol. The summed E-state index contributed by atoms with van der Waals surface area (Å²) in [5.41, 5.74) is 1.89. The van der Waals surface area contributed by atoms with Gasteiger partial charge in [-0.3, -0.25) is 4.79 Å². The van der Waals surface area contributed by atoms with E-state index in [0.29, 0.717) is 12.5 Å². The molecule has 2 rings (SSSR count). The fourth-order valence-corrected chi connectivity index (χ4v) is 3.04.